The Morgan fingerprint density at radius 3 is 2.53 bits per heavy atom. The average molecular weight is 536 g/mol. The first-order valence-electron chi connectivity index (χ1n) is 10.9. The number of amidine groups is 1. The van der Waals surface area contributed by atoms with Crippen LogP contribution in [0.25, 0.3) is 17.0 Å². The lowest BCUT2D eigenvalue weighted by Gasteiger charge is -2.07. The highest BCUT2D eigenvalue weighted by molar-refractivity contribution is 8.18. The second-order valence-corrected chi connectivity index (χ2v) is 10.0. The topological polar surface area (TPSA) is 74.9 Å². The van der Waals surface area contributed by atoms with E-state index in [2.05, 4.69) is 9.56 Å². The van der Waals surface area contributed by atoms with Gasteiger partial charge in [-0.3, -0.25) is 9.69 Å². The van der Waals surface area contributed by atoms with Gasteiger partial charge in [-0.05, 0) is 65.9 Å². The number of likely N-dealkylation sites (N-methyl/N-ethyl adjacent to an activating group) is 1. The number of halogens is 2. The van der Waals surface area contributed by atoms with Gasteiger partial charge < -0.3 is 9.67 Å². The Morgan fingerprint density at radius 2 is 1.81 bits per heavy atom. The number of amides is 1. The first-order valence-corrected chi connectivity index (χ1v) is 12.5. The molecule has 5 rings (SSSR count). The minimum absolute atomic E-state index is 0.151. The molecule has 180 valence electrons. The van der Waals surface area contributed by atoms with Crippen LogP contribution in [0.3, 0.4) is 0 Å². The van der Waals surface area contributed by atoms with E-state index >= 15 is 0 Å². The summed E-state index contributed by atoms with van der Waals surface area (Å²) < 4.78 is 2.12. The second kappa shape index (κ2) is 9.85. The van der Waals surface area contributed by atoms with Crippen molar-refractivity contribution in [1.82, 2.24) is 9.47 Å². The molecule has 0 atom stereocenters. The van der Waals surface area contributed by atoms with Gasteiger partial charge in [0.05, 0.1) is 26.2 Å². The number of hydrogen-bond acceptors (Lipinski definition) is 4. The highest BCUT2D eigenvalue weighted by Crippen LogP contribution is 2.35. The number of carbonyl (C=O) groups is 2. The highest BCUT2D eigenvalue weighted by Gasteiger charge is 2.30. The van der Waals surface area contributed by atoms with Gasteiger partial charge in [0.25, 0.3) is 5.91 Å². The molecule has 1 saturated heterocycles. The van der Waals surface area contributed by atoms with Crippen LogP contribution in [0.15, 0.2) is 82.8 Å². The number of aromatic carboxylic acids is 1. The summed E-state index contributed by atoms with van der Waals surface area (Å²) in [5.41, 5.74) is 3.72. The van der Waals surface area contributed by atoms with Crippen molar-refractivity contribution in [3.05, 3.63) is 105 Å². The zero-order chi connectivity index (χ0) is 25.4. The molecule has 0 bridgehead atoms. The minimum atomic E-state index is -1.000. The summed E-state index contributed by atoms with van der Waals surface area (Å²) in [7, 11) is 1.67. The van der Waals surface area contributed by atoms with Crippen LogP contribution in [-0.2, 0) is 11.3 Å². The van der Waals surface area contributed by atoms with Crippen molar-refractivity contribution in [3.8, 4) is 0 Å². The lowest BCUT2D eigenvalue weighted by atomic mass is 10.1. The van der Waals surface area contributed by atoms with Gasteiger partial charge in [0.1, 0.15) is 0 Å². The number of carbonyl (C=O) groups excluding carboxylic acids is 1. The van der Waals surface area contributed by atoms with Crippen LogP contribution in [0.5, 0.6) is 0 Å². The zero-order valence-corrected chi connectivity index (χ0v) is 21.3. The molecule has 3 aromatic carbocycles. The Morgan fingerprint density at radius 1 is 1.06 bits per heavy atom. The van der Waals surface area contributed by atoms with Gasteiger partial charge in [-0.15, -0.1) is 0 Å². The van der Waals surface area contributed by atoms with Crippen molar-refractivity contribution in [1.29, 1.82) is 0 Å². The second-order valence-electron chi connectivity index (χ2n) is 8.20. The number of hydrogen-bond donors (Lipinski definition) is 1. The van der Waals surface area contributed by atoms with Crippen LogP contribution < -0.4 is 0 Å². The number of aromatic nitrogens is 1. The lowest BCUT2D eigenvalue weighted by molar-refractivity contribution is -0.121. The van der Waals surface area contributed by atoms with E-state index in [1.165, 1.54) is 28.8 Å². The summed E-state index contributed by atoms with van der Waals surface area (Å²) >= 11 is 13.6. The first kappa shape index (κ1) is 24.2. The van der Waals surface area contributed by atoms with Gasteiger partial charge in [0, 0.05) is 36.3 Å². The SMILES string of the molecule is CN1C(=O)C(=Cc2cn(Cc3ccc(Cl)c(Cl)c3)c3ccccc23)SC1=Nc1ccc(C(=O)O)cc1. The smallest absolute Gasteiger partial charge is 0.335 e. The molecule has 4 aromatic rings. The molecule has 1 aromatic heterocycles. The number of fused-ring (bicyclic) bond motifs is 1. The Hall–Kier alpha value is -3.52. The molecule has 1 aliphatic rings. The van der Waals surface area contributed by atoms with Crippen molar-refractivity contribution in [2.75, 3.05) is 7.05 Å². The van der Waals surface area contributed by atoms with E-state index in [1.54, 1.807) is 25.2 Å². The lowest BCUT2D eigenvalue weighted by Crippen LogP contribution is -2.23. The van der Waals surface area contributed by atoms with Gasteiger partial charge in [-0.1, -0.05) is 47.5 Å². The van der Waals surface area contributed by atoms with Crippen LogP contribution in [0.4, 0.5) is 5.69 Å². The third kappa shape index (κ3) is 4.78. The quantitative estimate of drug-likeness (QED) is 0.281. The molecule has 9 heteroatoms. The van der Waals surface area contributed by atoms with Crippen LogP contribution in [0, 0.1) is 0 Å². The van der Waals surface area contributed by atoms with E-state index in [0.29, 0.717) is 32.4 Å². The molecular weight excluding hydrogens is 517 g/mol. The third-order valence-electron chi connectivity index (χ3n) is 5.79. The fourth-order valence-electron chi connectivity index (χ4n) is 3.94. The van der Waals surface area contributed by atoms with E-state index in [-0.39, 0.29) is 11.5 Å². The van der Waals surface area contributed by atoms with Gasteiger partial charge in [0.2, 0.25) is 0 Å². The molecule has 1 aliphatic heterocycles. The first-order chi connectivity index (χ1) is 17.3. The van der Waals surface area contributed by atoms with Crippen molar-refractivity contribution in [2.45, 2.75) is 6.54 Å². The van der Waals surface area contributed by atoms with Gasteiger partial charge in [-0.2, -0.15) is 0 Å². The van der Waals surface area contributed by atoms with Crippen molar-refractivity contribution in [2.24, 2.45) is 4.99 Å². The Bertz CT molecular complexity index is 1580. The van der Waals surface area contributed by atoms with Crippen LogP contribution in [0.2, 0.25) is 10.0 Å². The monoisotopic (exact) mass is 535 g/mol. The number of carboxylic acid groups (broad SMARTS) is 1. The summed E-state index contributed by atoms with van der Waals surface area (Å²) in [6, 6.07) is 19.8. The Kier molecular flexibility index (Phi) is 6.62. The molecule has 0 spiro atoms. The van der Waals surface area contributed by atoms with Crippen LogP contribution >= 0.6 is 35.0 Å². The predicted molar refractivity (Wildman–Crippen MR) is 146 cm³/mol. The number of nitrogens with zero attached hydrogens (tertiary/aromatic N) is 3. The van der Waals surface area contributed by atoms with E-state index in [4.69, 9.17) is 28.3 Å². The van der Waals surface area contributed by atoms with Crippen LogP contribution in [0.1, 0.15) is 21.5 Å². The number of carboxylic acids is 1. The summed E-state index contributed by atoms with van der Waals surface area (Å²) in [5, 5.41) is 11.6. The molecule has 1 amide bonds. The van der Waals surface area contributed by atoms with Crippen molar-refractivity contribution in [3.63, 3.8) is 0 Å². The number of rotatable bonds is 5. The van der Waals surface area contributed by atoms with E-state index in [0.717, 1.165) is 22.0 Å². The van der Waals surface area contributed by atoms with E-state index in [9.17, 15) is 9.59 Å². The maximum absolute atomic E-state index is 13.0. The Balaban J connectivity index is 1.47. The highest BCUT2D eigenvalue weighted by atomic mass is 35.5. The summed E-state index contributed by atoms with van der Waals surface area (Å²) in [5.74, 6) is -1.15. The molecule has 6 nitrogen and oxygen atoms in total. The van der Waals surface area contributed by atoms with Crippen LogP contribution in [-0.4, -0.2) is 38.7 Å². The molecule has 2 heterocycles. The molecule has 0 saturated carbocycles. The largest absolute Gasteiger partial charge is 0.478 e. The maximum Gasteiger partial charge on any atom is 0.335 e. The normalized spacial score (nSPS) is 16.0. The summed E-state index contributed by atoms with van der Waals surface area (Å²) in [6.45, 7) is 0.598. The minimum Gasteiger partial charge on any atom is -0.478 e. The number of thioether (sulfide) groups is 1. The fraction of sp³-hybridized carbons (Fsp3) is 0.0741. The fourth-order valence-corrected chi connectivity index (χ4v) is 5.24. The number of para-hydroxylation sites is 1. The standard InChI is InChI=1S/C27H19Cl2N3O3S/c1-31-25(33)24(36-27(31)30-19-9-7-17(8-10-19)26(34)35)13-18-15-32(23-5-3-2-4-20(18)23)14-16-6-11-21(28)22(29)12-16/h2-13,15H,14H2,1H3,(H,34,35). The molecule has 36 heavy (non-hydrogen) atoms. The molecule has 0 unspecified atom stereocenters. The van der Waals surface area contributed by atoms with Gasteiger partial charge in [-0.25, -0.2) is 9.79 Å². The van der Waals surface area contributed by atoms with Crippen molar-refractivity contribution >= 4 is 74.7 Å². The van der Waals surface area contributed by atoms with Gasteiger partial charge >= 0.3 is 5.97 Å². The van der Waals surface area contributed by atoms with Gasteiger partial charge in [0.15, 0.2) is 5.17 Å². The molecule has 1 fully saturated rings. The summed E-state index contributed by atoms with van der Waals surface area (Å²) in [6.07, 6.45) is 3.90. The molecule has 1 N–H and O–H groups in total. The van der Waals surface area contributed by atoms with Crippen molar-refractivity contribution < 1.29 is 14.7 Å². The number of benzene rings is 3. The predicted octanol–water partition coefficient (Wildman–Crippen LogP) is 6.93. The molecule has 0 radical (unpaired) electrons. The number of aliphatic imine (C=N–C) groups is 1. The third-order valence-corrected chi connectivity index (χ3v) is 7.58. The van der Waals surface area contributed by atoms with E-state index < -0.39 is 5.97 Å². The Labute approximate surface area is 221 Å². The van der Waals surface area contributed by atoms with E-state index in [1.807, 2.05) is 48.7 Å². The average Bonchev–Trinajstić information content (AvgIpc) is 3.34. The molecular formula is C27H19Cl2N3O3S. The maximum atomic E-state index is 13.0. The zero-order valence-electron chi connectivity index (χ0n) is 19.0. The molecule has 0 aliphatic carbocycles. The summed E-state index contributed by atoms with van der Waals surface area (Å²) in [4.78, 5) is 30.7.